The van der Waals surface area contributed by atoms with Gasteiger partial charge in [0.05, 0.1) is 19.1 Å². The highest BCUT2D eigenvalue weighted by Gasteiger charge is 2.40. The number of hydrogen-bond acceptors (Lipinski definition) is 5. The zero-order chi connectivity index (χ0) is 22.7. The molecular weight excluding hydrogens is 414 g/mol. The van der Waals surface area contributed by atoms with E-state index in [0.29, 0.717) is 18.7 Å². The highest BCUT2D eigenvalue weighted by Crippen LogP contribution is 2.26. The first-order chi connectivity index (χ1) is 14.8. The summed E-state index contributed by atoms with van der Waals surface area (Å²) in [5, 5.41) is 0. The minimum absolute atomic E-state index is 0.00590. The van der Waals surface area contributed by atoms with E-state index in [9.17, 15) is 13.2 Å². The Morgan fingerprint density at radius 1 is 1.13 bits per heavy atom. The van der Waals surface area contributed by atoms with Crippen molar-refractivity contribution in [3.8, 4) is 0 Å². The van der Waals surface area contributed by atoms with Crippen molar-refractivity contribution < 1.29 is 17.9 Å². The topological polar surface area (TPSA) is 87.7 Å². The van der Waals surface area contributed by atoms with Crippen LogP contribution in [0.25, 0.3) is 0 Å². The van der Waals surface area contributed by atoms with E-state index in [4.69, 9.17) is 4.74 Å². The van der Waals surface area contributed by atoms with Crippen molar-refractivity contribution in [3.63, 3.8) is 0 Å². The number of ether oxygens (including phenoxy) is 1. The number of nitrogens with zero attached hydrogens (tertiary/aromatic N) is 1. The number of anilines is 1. The maximum absolute atomic E-state index is 12.8. The zero-order valence-electron chi connectivity index (χ0n) is 19.3. The number of unbranched alkanes of at least 4 members (excludes halogenated alkanes) is 5. The number of rotatable bonds is 13. The van der Waals surface area contributed by atoms with Gasteiger partial charge in [0, 0.05) is 12.2 Å². The first-order valence-electron chi connectivity index (χ1n) is 11.4. The average Bonchev–Trinajstić information content (AvgIpc) is 2.70. The van der Waals surface area contributed by atoms with Crippen LogP contribution in [0.4, 0.5) is 5.69 Å². The number of likely N-dealkylation sites (N-methyl/N-ethyl adjacent to an activating group) is 1. The lowest BCUT2D eigenvalue weighted by Crippen LogP contribution is -2.59. The molecule has 1 heterocycles. The van der Waals surface area contributed by atoms with Crippen molar-refractivity contribution in [3.05, 3.63) is 29.8 Å². The summed E-state index contributed by atoms with van der Waals surface area (Å²) in [7, 11) is -0.599. The number of benzene rings is 1. The van der Waals surface area contributed by atoms with Gasteiger partial charge in [-0.25, -0.2) is 0 Å². The van der Waals surface area contributed by atoms with Crippen molar-refractivity contribution in [2.24, 2.45) is 0 Å². The second-order valence-corrected chi connectivity index (χ2v) is 10.2. The fourth-order valence-electron chi connectivity index (χ4n) is 4.29. The Morgan fingerprint density at radius 3 is 2.45 bits per heavy atom. The van der Waals surface area contributed by atoms with E-state index in [2.05, 4.69) is 16.4 Å². The molecule has 1 fully saturated rings. The van der Waals surface area contributed by atoms with E-state index in [0.717, 1.165) is 25.8 Å². The van der Waals surface area contributed by atoms with Gasteiger partial charge in [-0.2, -0.15) is 13.1 Å². The first-order valence-corrected chi connectivity index (χ1v) is 12.9. The predicted molar refractivity (Wildman–Crippen MR) is 125 cm³/mol. The van der Waals surface area contributed by atoms with Gasteiger partial charge in [-0.05, 0) is 57.0 Å². The van der Waals surface area contributed by atoms with E-state index in [1.165, 1.54) is 44.8 Å². The van der Waals surface area contributed by atoms with Gasteiger partial charge in [0.15, 0.2) is 0 Å². The van der Waals surface area contributed by atoms with Crippen LogP contribution in [0.2, 0.25) is 0 Å². The normalized spacial score (nSPS) is 19.8. The standard InChI is InChI=1S/C23H39N3O4S/c1-4-5-6-7-8-9-11-20-12-14-21(15-13-20)24-31(28,29)25-23(18-22(27)30-3)16-10-17-26(2)19-23/h12-15,24-25H,4-11,16-19H2,1-3H3. The first kappa shape index (κ1) is 25.6. The third kappa shape index (κ3) is 9.17. The van der Waals surface area contributed by atoms with Crippen LogP contribution in [0, 0.1) is 0 Å². The Kier molecular flexibility index (Phi) is 10.3. The van der Waals surface area contributed by atoms with Crippen LogP contribution in [0.5, 0.6) is 0 Å². The van der Waals surface area contributed by atoms with Gasteiger partial charge in [0.25, 0.3) is 10.2 Å². The van der Waals surface area contributed by atoms with Crippen molar-refractivity contribution in [1.82, 2.24) is 9.62 Å². The molecule has 1 aliphatic heterocycles. The van der Waals surface area contributed by atoms with E-state index in [1.54, 1.807) is 12.1 Å². The summed E-state index contributed by atoms with van der Waals surface area (Å²) >= 11 is 0. The number of carbonyl (C=O) groups excluding carboxylic acids is 1. The number of piperidine rings is 1. The van der Waals surface area contributed by atoms with Crippen LogP contribution in [0.1, 0.15) is 70.3 Å². The second-order valence-electron chi connectivity index (χ2n) is 8.80. The van der Waals surface area contributed by atoms with Gasteiger partial charge in [0.2, 0.25) is 0 Å². The molecule has 7 nitrogen and oxygen atoms in total. The van der Waals surface area contributed by atoms with Gasteiger partial charge in [0.1, 0.15) is 0 Å². The lowest BCUT2D eigenvalue weighted by atomic mass is 9.87. The molecule has 0 aromatic heterocycles. The Bertz CT molecular complexity index is 783. The summed E-state index contributed by atoms with van der Waals surface area (Å²) in [5.74, 6) is -0.419. The van der Waals surface area contributed by atoms with Crippen molar-refractivity contribution >= 4 is 21.9 Å². The number of hydrogen-bond donors (Lipinski definition) is 2. The SMILES string of the molecule is CCCCCCCCc1ccc(NS(=O)(=O)NC2(CC(=O)OC)CCCN(C)C2)cc1. The van der Waals surface area contributed by atoms with Crippen LogP contribution >= 0.6 is 0 Å². The predicted octanol–water partition coefficient (Wildman–Crippen LogP) is 3.86. The molecule has 2 N–H and O–H groups in total. The molecule has 31 heavy (non-hydrogen) atoms. The molecule has 8 heteroatoms. The summed E-state index contributed by atoms with van der Waals surface area (Å²) < 4.78 is 35.8. The van der Waals surface area contributed by atoms with Crippen LogP contribution in [-0.2, 0) is 26.2 Å². The highest BCUT2D eigenvalue weighted by molar-refractivity contribution is 7.90. The molecule has 1 atom stereocenters. The highest BCUT2D eigenvalue weighted by atomic mass is 32.2. The molecule has 0 amide bonds. The molecule has 0 radical (unpaired) electrons. The maximum atomic E-state index is 12.8. The van der Waals surface area contributed by atoms with Crippen molar-refractivity contribution in [2.75, 3.05) is 32.0 Å². The lowest BCUT2D eigenvalue weighted by molar-refractivity contribution is -0.142. The third-order valence-corrected chi connectivity index (χ3v) is 7.06. The molecule has 0 spiro atoms. The number of likely N-dealkylation sites (tertiary alicyclic amines) is 1. The minimum Gasteiger partial charge on any atom is -0.469 e. The molecular formula is C23H39N3O4S. The van der Waals surface area contributed by atoms with Crippen LogP contribution in [-0.4, -0.2) is 52.1 Å². The monoisotopic (exact) mass is 453 g/mol. The van der Waals surface area contributed by atoms with Gasteiger partial charge in [-0.15, -0.1) is 0 Å². The second kappa shape index (κ2) is 12.4. The number of nitrogens with one attached hydrogen (secondary N) is 2. The van der Waals surface area contributed by atoms with Crippen molar-refractivity contribution in [2.45, 2.75) is 76.7 Å². The molecule has 1 saturated heterocycles. The zero-order valence-corrected chi connectivity index (χ0v) is 20.1. The van der Waals surface area contributed by atoms with E-state index in [1.807, 2.05) is 24.1 Å². The summed E-state index contributed by atoms with van der Waals surface area (Å²) in [6.45, 7) is 3.55. The van der Waals surface area contributed by atoms with Gasteiger partial charge in [-0.3, -0.25) is 9.52 Å². The largest absolute Gasteiger partial charge is 0.469 e. The fraction of sp³-hybridized carbons (Fsp3) is 0.696. The summed E-state index contributed by atoms with van der Waals surface area (Å²) in [6.07, 6.45) is 9.94. The fourth-order valence-corrected chi connectivity index (χ4v) is 5.60. The number of aryl methyl sites for hydroxylation is 1. The summed E-state index contributed by atoms with van der Waals surface area (Å²) in [6, 6.07) is 7.54. The summed E-state index contributed by atoms with van der Waals surface area (Å²) in [4.78, 5) is 14.0. The molecule has 1 aliphatic rings. The van der Waals surface area contributed by atoms with E-state index in [-0.39, 0.29) is 6.42 Å². The third-order valence-electron chi connectivity index (χ3n) is 5.85. The maximum Gasteiger partial charge on any atom is 0.307 e. The molecule has 0 saturated carbocycles. The quantitative estimate of drug-likeness (QED) is 0.350. The lowest BCUT2D eigenvalue weighted by Gasteiger charge is -2.41. The van der Waals surface area contributed by atoms with Gasteiger partial charge in [-0.1, -0.05) is 51.2 Å². The average molecular weight is 454 g/mol. The minimum atomic E-state index is -3.85. The molecule has 0 bridgehead atoms. The van der Waals surface area contributed by atoms with E-state index < -0.39 is 21.7 Å². The number of methoxy groups -OCH3 is 1. The molecule has 1 aromatic carbocycles. The number of carbonyl (C=O) groups is 1. The van der Waals surface area contributed by atoms with Crippen LogP contribution in [0.15, 0.2) is 24.3 Å². The Morgan fingerprint density at radius 2 is 1.81 bits per heavy atom. The van der Waals surface area contributed by atoms with Crippen molar-refractivity contribution in [1.29, 1.82) is 0 Å². The van der Waals surface area contributed by atoms with Crippen LogP contribution < -0.4 is 9.44 Å². The smallest absolute Gasteiger partial charge is 0.307 e. The Labute approximate surface area is 188 Å². The Balaban J connectivity index is 1.93. The van der Waals surface area contributed by atoms with Gasteiger partial charge < -0.3 is 9.64 Å². The Hall–Kier alpha value is -1.64. The summed E-state index contributed by atoms with van der Waals surface area (Å²) in [5.41, 5.74) is 0.850. The van der Waals surface area contributed by atoms with E-state index >= 15 is 0 Å². The van der Waals surface area contributed by atoms with Crippen LogP contribution in [0.3, 0.4) is 0 Å². The number of esters is 1. The molecule has 176 valence electrons. The molecule has 2 rings (SSSR count). The molecule has 1 aromatic rings. The molecule has 1 unspecified atom stereocenters. The van der Waals surface area contributed by atoms with Gasteiger partial charge >= 0.3 is 5.97 Å². The molecule has 0 aliphatic carbocycles.